The Morgan fingerprint density at radius 2 is 1.81 bits per heavy atom. The molecule has 0 aliphatic rings. The van der Waals surface area contributed by atoms with Crippen LogP contribution in [0.3, 0.4) is 0 Å². The third-order valence-corrected chi connectivity index (χ3v) is 5.60. The molecule has 0 saturated heterocycles. The van der Waals surface area contributed by atoms with Crippen molar-refractivity contribution < 1.29 is 9.53 Å². The molecule has 6 heteroatoms. The number of aromatic nitrogens is 2. The van der Waals surface area contributed by atoms with E-state index in [1.54, 1.807) is 32.2 Å². The highest BCUT2D eigenvalue weighted by Gasteiger charge is 2.13. The number of aryl methyl sites for hydroxylation is 1. The molecule has 0 N–H and O–H groups in total. The number of hydrogen-bond acceptors (Lipinski definition) is 4. The van der Waals surface area contributed by atoms with Crippen molar-refractivity contribution >= 4 is 27.6 Å². The van der Waals surface area contributed by atoms with Crippen LogP contribution in [0.5, 0.6) is 5.75 Å². The number of methoxy groups -OCH3 is 1. The van der Waals surface area contributed by atoms with Gasteiger partial charge in [-0.1, -0.05) is 30.3 Å². The van der Waals surface area contributed by atoms with Crippen LogP contribution < -0.4 is 10.3 Å². The van der Waals surface area contributed by atoms with Crippen molar-refractivity contribution in [2.75, 3.05) is 14.2 Å². The van der Waals surface area contributed by atoms with E-state index in [9.17, 15) is 9.59 Å². The van der Waals surface area contributed by atoms with Gasteiger partial charge in [0.1, 0.15) is 11.6 Å². The number of nitrogens with zero attached hydrogens (tertiary/aromatic N) is 3. The van der Waals surface area contributed by atoms with E-state index < -0.39 is 0 Å². The fraction of sp³-hybridized carbons (Fsp3) is 0.240. The molecule has 3 aromatic carbocycles. The Labute approximate surface area is 180 Å². The van der Waals surface area contributed by atoms with Gasteiger partial charge in [-0.05, 0) is 46.7 Å². The second kappa shape index (κ2) is 8.60. The van der Waals surface area contributed by atoms with Crippen LogP contribution in [0.4, 0.5) is 0 Å². The number of carbonyl (C=O) groups is 1. The first-order valence-corrected chi connectivity index (χ1v) is 10.2. The van der Waals surface area contributed by atoms with Crippen LogP contribution in [0.25, 0.3) is 21.7 Å². The normalized spacial score (nSPS) is 11.1. The summed E-state index contributed by atoms with van der Waals surface area (Å²) in [5.74, 6) is 1.45. The summed E-state index contributed by atoms with van der Waals surface area (Å²) >= 11 is 0. The molecule has 0 aliphatic heterocycles. The van der Waals surface area contributed by atoms with Crippen molar-refractivity contribution in [2.45, 2.75) is 19.4 Å². The molecule has 0 aliphatic carbocycles. The van der Waals surface area contributed by atoms with Gasteiger partial charge >= 0.3 is 0 Å². The lowest BCUT2D eigenvalue weighted by molar-refractivity contribution is -0.130. The molecule has 4 aromatic rings. The van der Waals surface area contributed by atoms with E-state index in [4.69, 9.17) is 4.74 Å². The summed E-state index contributed by atoms with van der Waals surface area (Å²) in [4.78, 5) is 31.6. The fourth-order valence-corrected chi connectivity index (χ4v) is 3.76. The van der Waals surface area contributed by atoms with Gasteiger partial charge in [0.25, 0.3) is 5.56 Å². The van der Waals surface area contributed by atoms with E-state index in [1.807, 2.05) is 48.5 Å². The maximum absolute atomic E-state index is 12.7. The van der Waals surface area contributed by atoms with Crippen molar-refractivity contribution in [3.63, 3.8) is 0 Å². The predicted molar refractivity (Wildman–Crippen MR) is 122 cm³/mol. The third kappa shape index (κ3) is 4.28. The number of benzene rings is 3. The minimum absolute atomic E-state index is 0.0113. The van der Waals surface area contributed by atoms with Gasteiger partial charge in [-0.25, -0.2) is 4.98 Å². The summed E-state index contributed by atoms with van der Waals surface area (Å²) in [5.41, 5.74) is 1.63. The largest absolute Gasteiger partial charge is 0.497 e. The van der Waals surface area contributed by atoms with E-state index in [1.165, 1.54) is 4.57 Å². The Balaban J connectivity index is 1.44. The van der Waals surface area contributed by atoms with Crippen LogP contribution in [0.15, 0.2) is 65.5 Å². The lowest BCUT2D eigenvalue weighted by atomic mass is 10.1. The number of carbonyl (C=O) groups excluding carboxylic acids is 1. The number of ether oxygens (including phenoxy) is 1. The third-order valence-electron chi connectivity index (χ3n) is 5.60. The number of para-hydroxylation sites is 1. The first-order valence-electron chi connectivity index (χ1n) is 10.2. The van der Waals surface area contributed by atoms with Gasteiger partial charge in [0, 0.05) is 33.5 Å². The predicted octanol–water partition coefficient (Wildman–Crippen LogP) is 3.69. The molecule has 1 aromatic heterocycles. The zero-order valence-corrected chi connectivity index (χ0v) is 18.0. The standard InChI is InChI=1S/C25H25N3O3/c1-27(16-17-8-9-19-15-20(31-3)11-10-18(19)14-17)24(29)13-12-23-26-22-7-5-4-6-21(22)25(30)28(23)2/h4-11,14-15H,12-13,16H2,1-3H3. The van der Waals surface area contributed by atoms with Crippen molar-refractivity contribution in [1.82, 2.24) is 14.5 Å². The molecular formula is C25H25N3O3. The van der Waals surface area contributed by atoms with Gasteiger partial charge in [-0.15, -0.1) is 0 Å². The van der Waals surface area contributed by atoms with Crippen molar-refractivity contribution in [1.29, 1.82) is 0 Å². The molecule has 1 heterocycles. The molecule has 6 nitrogen and oxygen atoms in total. The minimum atomic E-state index is -0.0887. The summed E-state index contributed by atoms with van der Waals surface area (Å²) in [6, 6.07) is 19.4. The number of hydrogen-bond donors (Lipinski definition) is 0. The molecule has 0 unspecified atom stereocenters. The van der Waals surface area contributed by atoms with Crippen LogP contribution in [-0.2, 0) is 24.8 Å². The molecule has 0 atom stereocenters. The maximum atomic E-state index is 12.7. The maximum Gasteiger partial charge on any atom is 0.261 e. The van der Waals surface area contributed by atoms with Crippen LogP contribution >= 0.6 is 0 Å². The Morgan fingerprint density at radius 3 is 2.61 bits per heavy atom. The molecule has 0 radical (unpaired) electrons. The first kappa shape index (κ1) is 20.6. The molecule has 0 saturated carbocycles. The van der Waals surface area contributed by atoms with E-state index in [0.29, 0.717) is 36.1 Å². The van der Waals surface area contributed by atoms with Gasteiger partial charge < -0.3 is 9.64 Å². The Morgan fingerprint density at radius 1 is 1.06 bits per heavy atom. The van der Waals surface area contributed by atoms with Crippen LogP contribution in [0.2, 0.25) is 0 Å². The average molecular weight is 415 g/mol. The molecule has 0 spiro atoms. The Hall–Kier alpha value is -3.67. The van der Waals surface area contributed by atoms with Crippen molar-refractivity contribution in [3.8, 4) is 5.75 Å². The lowest BCUT2D eigenvalue weighted by Crippen LogP contribution is -2.28. The molecular weight excluding hydrogens is 390 g/mol. The summed E-state index contributed by atoms with van der Waals surface area (Å²) < 4.78 is 6.81. The van der Waals surface area contributed by atoms with Gasteiger partial charge in [-0.2, -0.15) is 0 Å². The first-order chi connectivity index (χ1) is 15.0. The fourth-order valence-electron chi connectivity index (χ4n) is 3.76. The van der Waals surface area contributed by atoms with E-state index >= 15 is 0 Å². The van der Waals surface area contributed by atoms with E-state index in [-0.39, 0.29) is 11.5 Å². The van der Waals surface area contributed by atoms with Crippen molar-refractivity contribution in [3.05, 3.63) is 82.4 Å². The molecule has 0 bridgehead atoms. The quantitative estimate of drug-likeness (QED) is 0.482. The highest BCUT2D eigenvalue weighted by atomic mass is 16.5. The summed E-state index contributed by atoms with van der Waals surface area (Å²) in [5, 5.41) is 2.79. The van der Waals surface area contributed by atoms with Crippen LogP contribution in [-0.4, -0.2) is 34.5 Å². The molecule has 31 heavy (non-hydrogen) atoms. The number of rotatable bonds is 6. The second-order valence-corrected chi connectivity index (χ2v) is 7.71. The zero-order valence-electron chi connectivity index (χ0n) is 18.0. The lowest BCUT2D eigenvalue weighted by Gasteiger charge is -2.18. The second-order valence-electron chi connectivity index (χ2n) is 7.71. The molecule has 0 fully saturated rings. The highest BCUT2D eigenvalue weighted by molar-refractivity contribution is 5.84. The average Bonchev–Trinajstić information content (AvgIpc) is 2.79. The highest BCUT2D eigenvalue weighted by Crippen LogP contribution is 2.22. The number of amides is 1. The smallest absolute Gasteiger partial charge is 0.261 e. The Bertz CT molecular complexity index is 1330. The van der Waals surface area contributed by atoms with Gasteiger partial charge in [-0.3, -0.25) is 14.2 Å². The zero-order chi connectivity index (χ0) is 22.0. The van der Waals surface area contributed by atoms with Crippen LogP contribution in [0.1, 0.15) is 17.8 Å². The monoisotopic (exact) mass is 415 g/mol. The summed E-state index contributed by atoms with van der Waals surface area (Å²) in [7, 11) is 5.16. The topological polar surface area (TPSA) is 64.4 Å². The number of fused-ring (bicyclic) bond motifs is 2. The molecule has 1 amide bonds. The summed E-state index contributed by atoms with van der Waals surface area (Å²) in [6.45, 7) is 0.519. The van der Waals surface area contributed by atoms with Gasteiger partial charge in [0.05, 0.1) is 18.0 Å². The van der Waals surface area contributed by atoms with E-state index in [2.05, 4.69) is 11.1 Å². The van der Waals surface area contributed by atoms with Gasteiger partial charge in [0.2, 0.25) is 5.91 Å². The summed E-state index contributed by atoms with van der Waals surface area (Å²) in [6.07, 6.45) is 0.706. The van der Waals surface area contributed by atoms with Gasteiger partial charge in [0.15, 0.2) is 0 Å². The van der Waals surface area contributed by atoms with Crippen LogP contribution in [0, 0.1) is 0 Å². The molecule has 158 valence electrons. The van der Waals surface area contributed by atoms with Crippen molar-refractivity contribution in [2.24, 2.45) is 7.05 Å². The minimum Gasteiger partial charge on any atom is -0.497 e. The molecule has 4 rings (SSSR count). The van der Waals surface area contributed by atoms with E-state index in [0.717, 1.165) is 22.1 Å². The Kier molecular flexibility index (Phi) is 5.71. The SMILES string of the molecule is COc1ccc2cc(CN(C)C(=O)CCc3nc4ccccc4c(=O)n3C)ccc2c1.